The predicted molar refractivity (Wildman–Crippen MR) is 95.0 cm³/mol. The predicted octanol–water partition coefficient (Wildman–Crippen LogP) is 1.14. The third-order valence-corrected chi connectivity index (χ3v) is 5.86. The lowest BCUT2D eigenvalue weighted by Gasteiger charge is -2.31. The summed E-state index contributed by atoms with van der Waals surface area (Å²) in [4.78, 5) is 14.5. The van der Waals surface area contributed by atoms with Crippen molar-refractivity contribution in [3.8, 4) is 0 Å². The molecule has 1 amide bonds. The SMILES string of the molecule is COC1CCN(C(=O)c2cccc(S(=O)(=O)NCc3ccn[nH]3)c2)CC1. The van der Waals surface area contributed by atoms with Gasteiger partial charge in [0.25, 0.3) is 5.91 Å². The monoisotopic (exact) mass is 378 g/mol. The number of piperidine rings is 1. The summed E-state index contributed by atoms with van der Waals surface area (Å²) in [6.07, 6.45) is 3.30. The molecule has 2 aromatic rings. The Balaban J connectivity index is 1.70. The summed E-state index contributed by atoms with van der Waals surface area (Å²) in [5, 5.41) is 6.47. The molecule has 1 saturated heterocycles. The Morgan fingerprint density at radius 1 is 1.35 bits per heavy atom. The standard InChI is InChI=1S/C17H22N4O4S/c1-25-15-6-9-21(10-7-15)17(22)13-3-2-4-16(11-13)26(23,24)19-12-14-5-8-18-20-14/h2-5,8,11,15,19H,6-7,9-10,12H2,1H3,(H,18,20). The maximum absolute atomic E-state index is 12.7. The van der Waals surface area contributed by atoms with Gasteiger partial charge in [-0.3, -0.25) is 9.89 Å². The van der Waals surface area contributed by atoms with Crippen LogP contribution in [0.2, 0.25) is 0 Å². The first kappa shape index (κ1) is 18.6. The number of carbonyl (C=O) groups excluding carboxylic acids is 1. The molecule has 8 nitrogen and oxygen atoms in total. The van der Waals surface area contributed by atoms with Gasteiger partial charge >= 0.3 is 0 Å². The fraction of sp³-hybridized carbons (Fsp3) is 0.412. The second-order valence-corrected chi connectivity index (χ2v) is 7.93. The van der Waals surface area contributed by atoms with Crippen LogP contribution in [-0.4, -0.2) is 55.7 Å². The highest BCUT2D eigenvalue weighted by atomic mass is 32.2. The third-order valence-electron chi connectivity index (χ3n) is 4.46. The lowest BCUT2D eigenvalue weighted by atomic mass is 10.1. The Labute approximate surface area is 152 Å². The number of likely N-dealkylation sites (tertiary alicyclic amines) is 1. The van der Waals surface area contributed by atoms with Gasteiger partial charge in [-0.2, -0.15) is 5.10 Å². The highest BCUT2D eigenvalue weighted by molar-refractivity contribution is 7.89. The molecule has 1 fully saturated rings. The summed E-state index contributed by atoms with van der Waals surface area (Å²) in [6, 6.07) is 7.80. The summed E-state index contributed by atoms with van der Waals surface area (Å²) in [7, 11) is -2.05. The summed E-state index contributed by atoms with van der Waals surface area (Å²) in [5.74, 6) is -0.162. The number of rotatable bonds is 6. The molecule has 1 aliphatic heterocycles. The van der Waals surface area contributed by atoms with E-state index in [4.69, 9.17) is 4.74 Å². The molecule has 1 aromatic carbocycles. The minimum absolute atomic E-state index is 0.0645. The van der Waals surface area contributed by atoms with Crippen LogP contribution in [0.4, 0.5) is 0 Å². The number of amides is 1. The fourth-order valence-corrected chi connectivity index (χ4v) is 3.96. The van der Waals surface area contributed by atoms with Gasteiger partial charge in [0.1, 0.15) is 0 Å². The zero-order chi connectivity index (χ0) is 18.6. The first-order chi connectivity index (χ1) is 12.5. The van der Waals surface area contributed by atoms with Gasteiger partial charge < -0.3 is 9.64 Å². The molecule has 26 heavy (non-hydrogen) atoms. The normalized spacial score (nSPS) is 16.0. The van der Waals surface area contributed by atoms with Crippen LogP contribution in [0.25, 0.3) is 0 Å². The zero-order valence-corrected chi connectivity index (χ0v) is 15.3. The van der Waals surface area contributed by atoms with E-state index in [0.29, 0.717) is 24.3 Å². The number of nitrogens with one attached hydrogen (secondary N) is 2. The maximum atomic E-state index is 12.7. The van der Waals surface area contributed by atoms with Crippen molar-refractivity contribution in [1.82, 2.24) is 19.8 Å². The molecule has 0 spiro atoms. The lowest BCUT2D eigenvalue weighted by molar-refractivity contribution is 0.0350. The Kier molecular flexibility index (Phi) is 5.70. The van der Waals surface area contributed by atoms with Crippen LogP contribution in [-0.2, 0) is 21.3 Å². The van der Waals surface area contributed by atoms with Gasteiger partial charge in [-0.05, 0) is 37.1 Å². The van der Waals surface area contributed by atoms with Gasteiger partial charge in [0, 0.05) is 32.0 Å². The molecule has 0 unspecified atom stereocenters. The van der Waals surface area contributed by atoms with Gasteiger partial charge in [0.2, 0.25) is 10.0 Å². The van der Waals surface area contributed by atoms with E-state index >= 15 is 0 Å². The number of benzene rings is 1. The average molecular weight is 378 g/mol. The number of nitrogens with zero attached hydrogens (tertiary/aromatic N) is 2. The molecule has 140 valence electrons. The van der Waals surface area contributed by atoms with Gasteiger partial charge in [0.05, 0.1) is 23.2 Å². The molecule has 1 aromatic heterocycles. The number of methoxy groups -OCH3 is 1. The summed E-state index contributed by atoms with van der Waals surface area (Å²) < 4.78 is 32.8. The number of H-pyrrole nitrogens is 1. The van der Waals surface area contributed by atoms with E-state index in [1.165, 1.54) is 12.1 Å². The molecular formula is C17H22N4O4S. The van der Waals surface area contributed by atoms with Crippen molar-refractivity contribution in [3.05, 3.63) is 47.8 Å². The Morgan fingerprint density at radius 2 is 2.12 bits per heavy atom. The topological polar surface area (TPSA) is 104 Å². The van der Waals surface area contributed by atoms with Crippen LogP contribution in [0, 0.1) is 0 Å². The van der Waals surface area contributed by atoms with Crippen LogP contribution in [0.1, 0.15) is 28.9 Å². The molecule has 0 radical (unpaired) electrons. The Hall–Kier alpha value is -2.23. The second-order valence-electron chi connectivity index (χ2n) is 6.16. The van der Waals surface area contributed by atoms with Crippen molar-refractivity contribution < 1.29 is 17.9 Å². The van der Waals surface area contributed by atoms with Crippen LogP contribution in [0.15, 0.2) is 41.4 Å². The molecular weight excluding hydrogens is 356 g/mol. The van der Waals surface area contributed by atoms with Crippen molar-refractivity contribution in [2.24, 2.45) is 0 Å². The quantitative estimate of drug-likeness (QED) is 0.784. The summed E-state index contributed by atoms with van der Waals surface area (Å²) in [6.45, 7) is 1.31. The van der Waals surface area contributed by atoms with Gasteiger partial charge in [0.15, 0.2) is 0 Å². The number of hydrogen-bond donors (Lipinski definition) is 2. The average Bonchev–Trinajstić information content (AvgIpc) is 3.20. The highest BCUT2D eigenvalue weighted by Crippen LogP contribution is 2.18. The van der Waals surface area contributed by atoms with E-state index in [2.05, 4.69) is 14.9 Å². The van der Waals surface area contributed by atoms with Crippen molar-refractivity contribution >= 4 is 15.9 Å². The number of aromatic amines is 1. The lowest BCUT2D eigenvalue weighted by Crippen LogP contribution is -2.40. The van der Waals surface area contributed by atoms with Gasteiger partial charge in [-0.1, -0.05) is 6.07 Å². The van der Waals surface area contributed by atoms with Crippen LogP contribution < -0.4 is 4.72 Å². The van der Waals surface area contributed by atoms with E-state index in [9.17, 15) is 13.2 Å². The molecule has 1 aliphatic rings. The van der Waals surface area contributed by atoms with E-state index in [-0.39, 0.29) is 23.5 Å². The van der Waals surface area contributed by atoms with Crippen LogP contribution in [0.5, 0.6) is 0 Å². The molecule has 2 heterocycles. The Morgan fingerprint density at radius 3 is 2.77 bits per heavy atom. The first-order valence-corrected chi connectivity index (χ1v) is 9.88. The Bertz CT molecular complexity index is 843. The zero-order valence-electron chi connectivity index (χ0n) is 14.5. The first-order valence-electron chi connectivity index (χ1n) is 8.39. The van der Waals surface area contributed by atoms with E-state index in [1.54, 1.807) is 36.4 Å². The van der Waals surface area contributed by atoms with E-state index in [0.717, 1.165) is 12.8 Å². The van der Waals surface area contributed by atoms with E-state index in [1.807, 2.05) is 0 Å². The second kappa shape index (κ2) is 7.98. The van der Waals surface area contributed by atoms with Crippen LogP contribution >= 0.6 is 0 Å². The number of aromatic nitrogens is 2. The van der Waals surface area contributed by atoms with Gasteiger partial charge in [-0.25, -0.2) is 13.1 Å². The van der Waals surface area contributed by atoms with Gasteiger partial charge in [-0.15, -0.1) is 0 Å². The van der Waals surface area contributed by atoms with Crippen molar-refractivity contribution in [2.75, 3.05) is 20.2 Å². The number of sulfonamides is 1. The fourth-order valence-electron chi connectivity index (χ4n) is 2.91. The number of hydrogen-bond acceptors (Lipinski definition) is 5. The smallest absolute Gasteiger partial charge is 0.253 e. The molecule has 0 bridgehead atoms. The maximum Gasteiger partial charge on any atom is 0.253 e. The molecule has 0 aliphatic carbocycles. The molecule has 3 rings (SSSR count). The number of carbonyl (C=O) groups is 1. The van der Waals surface area contributed by atoms with E-state index < -0.39 is 10.0 Å². The molecule has 9 heteroatoms. The largest absolute Gasteiger partial charge is 0.381 e. The molecule has 0 atom stereocenters. The van der Waals surface area contributed by atoms with Crippen molar-refractivity contribution in [2.45, 2.75) is 30.4 Å². The number of ether oxygens (including phenoxy) is 1. The summed E-state index contributed by atoms with van der Waals surface area (Å²) >= 11 is 0. The minimum Gasteiger partial charge on any atom is -0.381 e. The van der Waals surface area contributed by atoms with Crippen molar-refractivity contribution in [3.63, 3.8) is 0 Å². The highest BCUT2D eigenvalue weighted by Gasteiger charge is 2.24. The third kappa shape index (κ3) is 4.29. The minimum atomic E-state index is -3.72. The summed E-state index contributed by atoms with van der Waals surface area (Å²) in [5.41, 5.74) is 1.02. The van der Waals surface area contributed by atoms with Crippen molar-refractivity contribution in [1.29, 1.82) is 0 Å². The molecule has 0 saturated carbocycles. The van der Waals surface area contributed by atoms with Crippen LogP contribution in [0.3, 0.4) is 0 Å². The molecule has 2 N–H and O–H groups in total.